The number of hydrogen-bond donors (Lipinski definition) is 0. The summed E-state index contributed by atoms with van der Waals surface area (Å²) >= 11 is -5.20. The zero-order valence-electron chi connectivity index (χ0n) is 31.5. The van der Waals surface area contributed by atoms with Gasteiger partial charge in [-0.25, -0.2) is 0 Å². The van der Waals surface area contributed by atoms with Crippen LogP contribution < -0.4 is 17.5 Å². The Morgan fingerprint density at radius 2 is 0.941 bits per heavy atom. The maximum atomic E-state index is 17.8. The van der Waals surface area contributed by atoms with Gasteiger partial charge in [-0.15, -0.1) is 0 Å². The Kier molecular flexibility index (Phi) is 13.2. The van der Waals surface area contributed by atoms with E-state index in [0.717, 1.165) is 25.0 Å². The molecule has 0 saturated heterocycles. The third kappa shape index (κ3) is 7.64. The number of carbonyl (C=O) groups is 2. The first kappa shape index (κ1) is 40.5. The van der Waals surface area contributed by atoms with Crippen LogP contribution in [0.1, 0.15) is 93.9 Å². The number of allylic oxidation sites excluding steroid dienone is 8. The number of anilines is 2. The predicted molar refractivity (Wildman–Crippen MR) is 199 cm³/mol. The molecule has 2 amide bonds. The van der Waals surface area contributed by atoms with Gasteiger partial charge in [-0.1, -0.05) is 0 Å². The fourth-order valence-electron chi connectivity index (χ4n) is 7.07. The molecule has 0 aromatic heterocycles. The van der Waals surface area contributed by atoms with Gasteiger partial charge in [-0.3, -0.25) is 0 Å². The zero-order valence-corrected chi connectivity index (χ0v) is 33.0. The molecule has 0 N–H and O–H groups in total. The monoisotopic (exact) mass is 742 g/mol. The van der Waals surface area contributed by atoms with Crippen LogP contribution >= 0.6 is 0 Å². The summed E-state index contributed by atoms with van der Waals surface area (Å²) in [5.74, 6) is -4.37. The van der Waals surface area contributed by atoms with Crippen LogP contribution in [0, 0.1) is 34.1 Å². The van der Waals surface area contributed by atoms with Crippen molar-refractivity contribution >= 4 is 30.9 Å². The number of rotatable bonds is 16. The van der Waals surface area contributed by atoms with Crippen LogP contribution in [-0.4, -0.2) is 24.9 Å². The molecular weight excluding hydrogens is 688 g/mol. The third-order valence-electron chi connectivity index (χ3n) is 11.0. The van der Waals surface area contributed by atoms with Crippen LogP contribution in [-0.2, 0) is 26.2 Å². The van der Waals surface area contributed by atoms with E-state index in [1.807, 2.05) is 27.7 Å². The van der Waals surface area contributed by atoms with Gasteiger partial charge >= 0.3 is 307 Å². The molecule has 0 fully saturated rings. The molecule has 0 heterocycles. The number of nitrogens with zero attached hydrogens (tertiary/aromatic N) is 2. The van der Waals surface area contributed by atoms with Crippen molar-refractivity contribution in [2.45, 2.75) is 102 Å². The van der Waals surface area contributed by atoms with Crippen LogP contribution in [0.2, 0.25) is 8.45 Å². The molecule has 0 radical (unpaired) electrons. The molecule has 9 heteroatoms. The summed E-state index contributed by atoms with van der Waals surface area (Å²) in [7, 11) is 0. The number of benzene rings is 2. The molecule has 4 nitrogen and oxygen atoms in total. The minimum atomic E-state index is -5.20. The number of amides is 2. The van der Waals surface area contributed by atoms with E-state index in [1.165, 1.54) is 21.9 Å². The minimum absolute atomic E-state index is 0.0975. The van der Waals surface area contributed by atoms with E-state index in [1.54, 1.807) is 76.3 Å². The maximum absolute atomic E-state index is 17.8. The molecule has 276 valence electrons. The fourth-order valence-corrected chi connectivity index (χ4v) is 15.9. The molecule has 2 aromatic rings. The van der Waals surface area contributed by atoms with Crippen molar-refractivity contribution in [1.29, 1.82) is 0 Å². The van der Waals surface area contributed by atoms with Gasteiger partial charge in [0.1, 0.15) is 0 Å². The molecule has 0 aliphatic heterocycles. The van der Waals surface area contributed by atoms with Crippen LogP contribution in [0.25, 0.3) is 0 Å². The van der Waals surface area contributed by atoms with Gasteiger partial charge in [-0.2, -0.15) is 0 Å². The molecule has 2 aliphatic rings. The molecule has 2 aromatic carbocycles. The first-order valence-corrected chi connectivity index (χ1v) is 21.8. The number of halogens is 4. The van der Waals surface area contributed by atoms with Gasteiger partial charge in [0.2, 0.25) is 0 Å². The Morgan fingerprint density at radius 1 is 0.608 bits per heavy atom. The van der Waals surface area contributed by atoms with Crippen molar-refractivity contribution in [3.05, 3.63) is 96.1 Å². The first-order valence-electron chi connectivity index (χ1n) is 18.5. The van der Waals surface area contributed by atoms with Crippen molar-refractivity contribution in [1.82, 2.24) is 0 Å². The van der Waals surface area contributed by atoms with Crippen molar-refractivity contribution in [3.63, 3.8) is 0 Å². The zero-order chi connectivity index (χ0) is 37.7. The van der Waals surface area contributed by atoms with Crippen LogP contribution in [0.15, 0.2) is 72.9 Å². The SMILES string of the molecule is CCCCN(C(=O)C(C)(C)CC)c1ccc(F)[c]([Ti]([c]2c(F)ccc(N(CCCC)C(=O)C(C)(C)CC)c2F)([CH]2C=CC=C2)[CH]2C=CC=C2)c1F. The molecule has 4 rings (SSSR count). The van der Waals surface area contributed by atoms with E-state index in [4.69, 9.17) is 0 Å². The molecule has 0 spiro atoms. The topological polar surface area (TPSA) is 40.6 Å². The van der Waals surface area contributed by atoms with Crippen molar-refractivity contribution in [2.75, 3.05) is 22.9 Å². The Bertz CT molecular complexity index is 1580. The van der Waals surface area contributed by atoms with Crippen LogP contribution in [0.3, 0.4) is 0 Å². The third-order valence-corrected chi connectivity index (χ3v) is 19.5. The summed E-state index contributed by atoms with van der Waals surface area (Å²) < 4.78 is 67.1. The van der Waals surface area contributed by atoms with E-state index < -0.39 is 59.1 Å². The molecule has 0 saturated carbocycles. The van der Waals surface area contributed by atoms with E-state index in [9.17, 15) is 9.59 Å². The van der Waals surface area contributed by atoms with Gasteiger partial charge < -0.3 is 0 Å². The van der Waals surface area contributed by atoms with Crippen molar-refractivity contribution in [3.8, 4) is 0 Å². The van der Waals surface area contributed by atoms with Crippen LogP contribution in [0.5, 0.6) is 0 Å². The second kappa shape index (κ2) is 16.6. The molecule has 0 atom stereocenters. The summed E-state index contributed by atoms with van der Waals surface area (Å²) in [6.07, 6.45) is 17.7. The summed E-state index contributed by atoms with van der Waals surface area (Å²) in [5.41, 5.74) is -1.87. The number of hydrogen-bond acceptors (Lipinski definition) is 2. The number of carbonyl (C=O) groups excluding carboxylic acids is 2. The number of unbranched alkanes of at least 4 members (excludes halogenated alkanes) is 2. The second-order valence-corrected chi connectivity index (χ2v) is 21.4. The molecule has 0 unspecified atom stereocenters. The van der Waals surface area contributed by atoms with Crippen molar-refractivity contribution < 1.29 is 43.7 Å². The standard InChI is InChI=1S/2C16H22F2NO.2C5H5.Ti/c2*1-5-7-10-19(15(20)16(3,4)6-2)14-9-8-12(17)11-13(14)18;2*1-2-4-5-3-1;/h2*8-9H,5-7,10H2,1-4H3;2*1-5H;. The summed E-state index contributed by atoms with van der Waals surface area (Å²) in [6.45, 7) is 15.3. The molecule has 2 aliphatic carbocycles. The van der Waals surface area contributed by atoms with Crippen LogP contribution in [0.4, 0.5) is 28.9 Å². The van der Waals surface area contributed by atoms with Gasteiger partial charge in [0.05, 0.1) is 0 Å². The summed E-state index contributed by atoms with van der Waals surface area (Å²) in [6, 6.07) is 4.85. The van der Waals surface area contributed by atoms with E-state index in [0.29, 0.717) is 25.7 Å². The Labute approximate surface area is 305 Å². The Hall–Kier alpha value is -3.23. The normalized spacial score (nSPS) is 15.0. The second-order valence-electron chi connectivity index (χ2n) is 15.1. The molecule has 51 heavy (non-hydrogen) atoms. The Morgan fingerprint density at radius 3 is 1.24 bits per heavy atom. The average Bonchev–Trinajstić information content (AvgIpc) is 3.85. The quantitative estimate of drug-likeness (QED) is 0.127. The van der Waals surface area contributed by atoms with Gasteiger partial charge in [0.15, 0.2) is 0 Å². The molecular formula is C42H54F4N2O2Ti. The van der Waals surface area contributed by atoms with Gasteiger partial charge in [0, 0.05) is 0 Å². The summed E-state index contributed by atoms with van der Waals surface area (Å²) in [5, 5.41) is 0. The van der Waals surface area contributed by atoms with Crippen molar-refractivity contribution in [2.24, 2.45) is 10.8 Å². The molecule has 0 bridgehead atoms. The first-order chi connectivity index (χ1) is 24.1. The summed E-state index contributed by atoms with van der Waals surface area (Å²) in [4.78, 5) is 30.9. The van der Waals surface area contributed by atoms with E-state index in [2.05, 4.69) is 0 Å². The Balaban J connectivity index is 2.16. The van der Waals surface area contributed by atoms with E-state index in [-0.39, 0.29) is 44.0 Å². The fraction of sp³-hybridized carbons (Fsp3) is 0.476. The predicted octanol–water partition coefficient (Wildman–Crippen LogP) is 10.3. The van der Waals surface area contributed by atoms with Gasteiger partial charge in [0.25, 0.3) is 0 Å². The average molecular weight is 743 g/mol. The van der Waals surface area contributed by atoms with E-state index >= 15 is 17.6 Å². The van der Waals surface area contributed by atoms with Gasteiger partial charge in [-0.05, 0) is 0 Å².